The third kappa shape index (κ3) is 6.04. The van der Waals surface area contributed by atoms with Gasteiger partial charge in [-0.2, -0.15) is 0 Å². The molecule has 6 aromatic heterocycles. The summed E-state index contributed by atoms with van der Waals surface area (Å²) in [4.78, 5) is 24.1. The van der Waals surface area contributed by atoms with E-state index in [9.17, 15) is 0 Å². The van der Waals surface area contributed by atoms with Gasteiger partial charge in [-0.3, -0.25) is 23.7 Å². The number of hydrogen-bond acceptors (Lipinski definition) is 5. The third-order valence-corrected chi connectivity index (χ3v) is 10.9. The molecule has 0 unspecified atom stereocenters. The lowest BCUT2D eigenvalue weighted by atomic mass is 9.89. The van der Waals surface area contributed by atoms with Crippen LogP contribution in [0.5, 0.6) is 0 Å². The number of pyridine rings is 4. The van der Waals surface area contributed by atoms with Gasteiger partial charge in [-0.25, -0.2) is 9.97 Å². The fraction of sp³-hybridized carbons (Fsp3) is 0.447. The summed E-state index contributed by atoms with van der Waals surface area (Å²) in [5, 5.41) is 2.08. The van der Waals surface area contributed by atoms with Crippen molar-refractivity contribution in [3.8, 4) is 0 Å². The summed E-state index contributed by atoms with van der Waals surface area (Å²) in [6, 6.07) is 17.9. The molecule has 7 rings (SSSR count). The van der Waals surface area contributed by atoms with Crippen molar-refractivity contribution in [3.63, 3.8) is 0 Å². The molecule has 0 atom stereocenters. The van der Waals surface area contributed by atoms with Crippen molar-refractivity contribution in [3.05, 3.63) is 99.4 Å². The van der Waals surface area contributed by atoms with Gasteiger partial charge < -0.3 is 0 Å². The van der Waals surface area contributed by atoms with Crippen molar-refractivity contribution in [1.29, 1.82) is 0 Å². The van der Waals surface area contributed by atoms with Crippen LogP contribution in [-0.4, -0.2) is 28.7 Å². The quantitative estimate of drug-likeness (QED) is 0.182. The number of benzene rings is 1. The van der Waals surface area contributed by atoms with Crippen LogP contribution in [0, 0.1) is 34.6 Å². The minimum absolute atomic E-state index is 0.0728. The Bertz CT molecular complexity index is 2460. The molecule has 7 aromatic rings. The van der Waals surface area contributed by atoms with Crippen LogP contribution in [0.1, 0.15) is 134 Å². The first-order valence-corrected chi connectivity index (χ1v) is 19.4. The summed E-state index contributed by atoms with van der Waals surface area (Å²) in [5.74, 6) is 1.73. The third-order valence-electron chi connectivity index (χ3n) is 10.9. The van der Waals surface area contributed by atoms with Gasteiger partial charge >= 0.3 is 0 Å². The molecule has 0 N–H and O–H groups in total. The minimum atomic E-state index is -0.173. The van der Waals surface area contributed by atoms with Gasteiger partial charge in [-0.05, 0) is 82.1 Å². The fourth-order valence-corrected chi connectivity index (χ4v) is 8.07. The van der Waals surface area contributed by atoms with E-state index in [1.807, 2.05) is 0 Å². The van der Waals surface area contributed by atoms with E-state index in [0.717, 1.165) is 73.2 Å². The zero-order valence-electron chi connectivity index (χ0n) is 35.7. The first-order chi connectivity index (χ1) is 24.9. The van der Waals surface area contributed by atoms with E-state index < -0.39 is 0 Å². The van der Waals surface area contributed by atoms with Crippen molar-refractivity contribution in [1.82, 2.24) is 28.7 Å². The zero-order valence-corrected chi connectivity index (χ0v) is 35.7. The first kappa shape index (κ1) is 37.5. The number of imidazole rings is 2. The average molecular weight is 722 g/mol. The van der Waals surface area contributed by atoms with Crippen molar-refractivity contribution >= 4 is 50.4 Å². The maximum atomic E-state index is 5.63. The Kier molecular flexibility index (Phi) is 8.42. The lowest BCUT2D eigenvalue weighted by Crippen LogP contribution is -2.19. The van der Waals surface area contributed by atoms with E-state index in [4.69, 9.17) is 19.9 Å². The molecule has 0 bridgehead atoms. The molecule has 0 fully saturated rings. The summed E-state index contributed by atoms with van der Waals surface area (Å²) < 4.78 is 4.72. The molecule has 6 heterocycles. The van der Waals surface area contributed by atoms with E-state index in [1.54, 1.807) is 0 Å². The van der Waals surface area contributed by atoms with Crippen LogP contribution in [0.25, 0.3) is 33.1 Å². The Labute approximate surface area is 321 Å². The van der Waals surface area contributed by atoms with Crippen molar-refractivity contribution < 1.29 is 0 Å². The van der Waals surface area contributed by atoms with Gasteiger partial charge in [0.05, 0.1) is 28.1 Å². The molecule has 54 heavy (non-hydrogen) atoms. The van der Waals surface area contributed by atoms with Crippen LogP contribution < -0.4 is 4.90 Å². The molecule has 0 amide bonds. The van der Waals surface area contributed by atoms with E-state index >= 15 is 0 Å². The topological polar surface area (TPSA) is 63.6 Å². The van der Waals surface area contributed by atoms with Crippen molar-refractivity contribution in [2.75, 3.05) is 4.90 Å². The molecule has 0 saturated carbocycles. The van der Waals surface area contributed by atoms with Crippen LogP contribution >= 0.6 is 0 Å². The lowest BCUT2D eigenvalue weighted by molar-refractivity contribution is 0.558. The standard InChI is InChI=1S/C47H59N7/c1-26-22-27(2)39(28(3)23-26)54(40-29(4)52-37(46(12,13)14)24-33-31(42(52)50-40)18-20-35(48-33)44(6,7)8)41-30(5)53-38(47(15,16)17)25-34-32(43(53)51-41)19-21-36(49-34)45(9,10)11/h18-25H,1-17H3. The Morgan fingerprint density at radius 3 is 1.17 bits per heavy atom. The maximum Gasteiger partial charge on any atom is 0.161 e. The van der Waals surface area contributed by atoms with Gasteiger partial charge in [0.15, 0.2) is 11.6 Å². The summed E-state index contributed by atoms with van der Waals surface area (Å²) in [6.45, 7) is 38.0. The number of anilines is 3. The van der Waals surface area contributed by atoms with Gasteiger partial charge in [0.2, 0.25) is 0 Å². The van der Waals surface area contributed by atoms with E-state index in [0.29, 0.717) is 0 Å². The molecule has 0 saturated heterocycles. The highest BCUT2D eigenvalue weighted by atomic mass is 15.3. The number of nitrogens with zero attached hydrogens (tertiary/aromatic N) is 7. The minimum Gasteiger partial charge on any atom is -0.298 e. The van der Waals surface area contributed by atoms with E-state index in [1.165, 1.54) is 28.1 Å². The predicted molar refractivity (Wildman–Crippen MR) is 228 cm³/mol. The molecule has 0 aliphatic rings. The summed E-state index contributed by atoms with van der Waals surface area (Å²) in [6.07, 6.45) is 0. The molecule has 0 spiro atoms. The smallest absolute Gasteiger partial charge is 0.161 e. The van der Waals surface area contributed by atoms with Crippen LogP contribution in [0.2, 0.25) is 0 Å². The SMILES string of the molecule is Cc1cc(C)c(N(c2nc3c4ccc(C(C)(C)C)nc4cc(C(C)(C)C)n3c2C)c2nc3c4ccc(C(C)(C)C)nc4cc(C(C)(C)C)n3c2C)c(C)c1. The number of aromatic nitrogens is 6. The van der Waals surface area contributed by atoms with Crippen LogP contribution in [-0.2, 0) is 21.7 Å². The molecule has 0 aliphatic heterocycles. The first-order valence-electron chi connectivity index (χ1n) is 19.4. The highest BCUT2D eigenvalue weighted by molar-refractivity contribution is 5.96. The lowest BCUT2D eigenvalue weighted by Gasteiger charge is -2.27. The summed E-state index contributed by atoms with van der Waals surface area (Å²) >= 11 is 0. The monoisotopic (exact) mass is 721 g/mol. The Balaban J connectivity index is 1.63. The molecular weight excluding hydrogens is 663 g/mol. The van der Waals surface area contributed by atoms with E-state index in [-0.39, 0.29) is 21.7 Å². The van der Waals surface area contributed by atoms with Crippen LogP contribution in [0.3, 0.4) is 0 Å². The Morgan fingerprint density at radius 1 is 0.463 bits per heavy atom. The molecule has 7 nitrogen and oxygen atoms in total. The van der Waals surface area contributed by atoms with Crippen molar-refractivity contribution in [2.45, 2.75) is 139 Å². The molecule has 282 valence electrons. The second-order valence-corrected chi connectivity index (χ2v) is 19.8. The highest BCUT2D eigenvalue weighted by Gasteiger charge is 2.32. The summed E-state index contributed by atoms with van der Waals surface area (Å²) in [7, 11) is 0. The molecule has 0 aliphatic carbocycles. The van der Waals surface area contributed by atoms with Crippen LogP contribution in [0.4, 0.5) is 17.3 Å². The number of fused-ring (bicyclic) bond motifs is 6. The Hall–Kier alpha value is -4.78. The largest absolute Gasteiger partial charge is 0.298 e. The highest BCUT2D eigenvalue weighted by Crippen LogP contribution is 2.45. The molecule has 7 heteroatoms. The van der Waals surface area contributed by atoms with Gasteiger partial charge in [-0.1, -0.05) is 101 Å². The zero-order chi connectivity index (χ0) is 39.6. The number of rotatable bonds is 3. The second kappa shape index (κ2) is 12.1. The maximum absolute atomic E-state index is 5.63. The molecule has 0 radical (unpaired) electrons. The number of aryl methyl sites for hydroxylation is 5. The summed E-state index contributed by atoms with van der Waals surface area (Å²) in [5.41, 5.74) is 14.6. The van der Waals surface area contributed by atoms with Gasteiger partial charge in [0.1, 0.15) is 11.3 Å². The van der Waals surface area contributed by atoms with Gasteiger partial charge in [0.25, 0.3) is 0 Å². The predicted octanol–water partition coefficient (Wildman–Crippen LogP) is 12.3. The number of hydrogen-bond donors (Lipinski definition) is 0. The second-order valence-electron chi connectivity index (χ2n) is 19.8. The van der Waals surface area contributed by atoms with Crippen molar-refractivity contribution in [2.24, 2.45) is 0 Å². The molecular formula is C47H59N7. The van der Waals surface area contributed by atoms with Gasteiger partial charge in [-0.15, -0.1) is 0 Å². The van der Waals surface area contributed by atoms with Gasteiger partial charge in [0, 0.05) is 55.2 Å². The van der Waals surface area contributed by atoms with Crippen LogP contribution in [0.15, 0.2) is 48.5 Å². The fourth-order valence-electron chi connectivity index (χ4n) is 8.07. The normalized spacial score (nSPS) is 13.3. The van der Waals surface area contributed by atoms with E-state index in [2.05, 4.69) is 180 Å². The Morgan fingerprint density at radius 2 is 0.833 bits per heavy atom. The molecule has 1 aromatic carbocycles. The average Bonchev–Trinajstić information content (AvgIpc) is 3.56.